The summed E-state index contributed by atoms with van der Waals surface area (Å²) in [6.45, 7) is 6.85. The van der Waals surface area contributed by atoms with Crippen LogP contribution in [0.25, 0.3) is 16.0 Å². The Kier molecular flexibility index (Phi) is 5.85. The monoisotopic (exact) mass is 487 g/mol. The summed E-state index contributed by atoms with van der Waals surface area (Å²) in [7, 11) is 0. The predicted molar refractivity (Wildman–Crippen MR) is 139 cm³/mol. The van der Waals surface area contributed by atoms with Gasteiger partial charge in [0.1, 0.15) is 5.82 Å². The predicted octanol–water partition coefficient (Wildman–Crippen LogP) is 3.75. The fraction of sp³-hybridized carbons (Fsp3) is 0.385. The molecule has 8 nitrogen and oxygen atoms in total. The van der Waals surface area contributed by atoms with Gasteiger partial charge in [0.15, 0.2) is 10.8 Å². The van der Waals surface area contributed by atoms with E-state index in [0.717, 1.165) is 84.8 Å². The van der Waals surface area contributed by atoms with Gasteiger partial charge in [-0.25, -0.2) is 9.67 Å². The van der Waals surface area contributed by atoms with E-state index in [1.165, 1.54) is 0 Å². The highest BCUT2D eigenvalue weighted by Crippen LogP contribution is 2.34. The number of piperidine rings is 1. The zero-order valence-electron chi connectivity index (χ0n) is 19.9. The molecule has 5 heterocycles. The van der Waals surface area contributed by atoms with Gasteiger partial charge in [-0.1, -0.05) is 35.6 Å². The molecule has 1 amide bonds. The number of nitrogens with zero attached hydrogens (tertiary/aromatic N) is 7. The average Bonchev–Trinajstić information content (AvgIpc) is 3.50. The van der Waals surface area contributed by atoms with Crippen molar-refractivity contribution >= 4 is 38.5 Å². The minimum absolute atomic E-state index is 0.0175. The fourth-order valence-electron chi connectivity index (χ4n) is 5.11. The van der Waals surface area contributed by atoms with E-state index in [4.69, 9.17) is 10.1 Å². The van der Waals surface area contributed by atoms with Gasteiger partial charge >= 0.3 is 0 Å². The highest BCUT2D eigenvalue weighted by Gasteiger charge is 2.32. The average molecular weight is 488 g/mol. The number of benzene rings is 1. The van der Waals surface area contributed by atoms with E-state index in [1.54, 1.807) is 11.3 Å². The SMILES string of the molecule is Cc1nn(-c2ccccc2)c2nc(N3CCC[C@@H](C(=O)N4CCN(c5ccccn5)CC4)C3)sc12. The molecule has 180 valence electrons. The zero-order valence-corrected chi connectivity index (χ0v) is 20.7. The number of amides is 1. The summed E-state index contributed by atoms with van der Waals surface area (Å²) in [4.78, 5) is 29.5. The molecular weight excluding hydrogens is 458 g/mol. The van der Waals surface area contributed by atoms with E-state index < -0.39 is 0 Å². The van der Waals surface area contributed by atoms with Crippen molar-refractivity contribution in [2.45, 2.75) is 19.8 Å². The van der Waals surface area contributed by atoms with E-state index in [0.29, 0.717) is 0 Å². The quantitative estimate of drug-likeness (QED) is 0.437. The second kappa shape index (κ2) is 9.30. The first-order chi connectivity index (χ1) is 17.2. The lowest BCUT2D eigenvalue weighted by molar-refractivity contribution is -0.136. The van der Waals surface area contributed by atoms with Gasteiger partial charge in [0.05, 0.1) is 22.0 Å². The molecule has 0 aliphatic carbocycles. The maximum atomic E-state index is 13.4. The molecular formula is C26H29N7OS. The molecule has 2 aliphatic rings. The minimum Gasteiger partial charge on any atom is -0.353 e. The molecule has 0 saturated carbocycles. The number of carbonyl (C=O) groups is 1. The van der Waals surface area contributed by atoms with Crippen molar-refractivity contribution in [1.82, 2.24) is 24.6 Å². The van der Waals surface area contributed by atoms with Crippen LogP contribution in [0, 0.1) is 12.8 Å². The van der Waals surface area contributed by atoms with Crippen LogP contribution < -0.4 is 9.80 Å². The van der Waals surface area contributed by atoms with Crippen molar-refractivity contribution in [2.75, 3.05) is 49.1 Å². The number of thiazole rings is 1. The molecule has 1 atom stereocenters. The Bertz CT molecular complexity index is 1310. The van der Waals surface area contributed by atoms with Crippen LogP contribution in [0.5, 0.6) is 0 Å². The van der Waals surface area contributed by atoms with E-state index in [9.17, 15) is 4.79 Å². The number of hydrogen-bond donors (Lipinski definition) is 0. The summed E-state index contributed by atoms with van der Waals surface area (Å²) in [5.41, 5.74) is 2.90. The van der Waals surface area contributed by atoms with Crippen molar-refractivity contribution in [1.29, 1.82) is 0 Å². The van der Waals surface area contributed by atoms with Crippen LogP contribution >= 0.6 is 11.3 Å². The first-order valence-corrected chi connectivity index (χ1v) is 13.1. The molecule has 0 N–H and O–H groups in total. The van der Waals surface area contributed by atoms with Crippen LogP contribution in [-0.2, 0) is 4.79 Å². The van der Waals surface area contributed by atoms with Crippen LogP contribution in [0.1, 0.15) is 18.5 Å². The van der Waals surface area contributed by atoms with Gasteiger partial charge in [-0.3, -0.25) is 4.79 Å². The van der Waals surface area contributed by atoms with Crippen LogP contribution in [0.3, 0.4) is 0 Å². The zero-order chi connectivity index (χ0) is 23.8. The molecule has 0 spiro atoms. The Labute approximate surface area is 208 Å². The first-order valence-electron chi connectivity index (χ1n) is 12.3. The first kappa shape index (κ1) is 22.0. The van der Waals surface area contributed by atoms with Crippen molar-refractivity contribution in [3.05, 3.63) is 60.4 Å². The highest BCUT2D eigenvalue weighted by atomic mass is 32.1. The number of rotatable bonds is 4. The Morgan fingerprint density at radius 3 is 2.54 bits per heavy atom. The molecule has 2 fully saturated rings. The van der Waals surface area contributed by atoms with Gasteiger partial charge in [0, 0.05) is 45.5 Å². The second-order valence-electron chi connectivity index (χ2n) is 9.27. The molecule has 6 rings (SSSR count). The van der Waals surface area contributed by atoms with Gasteiger partial charge < -0.3 is 14.7 Å². The van der Waals surface area contributed by atoms with E-state index in [2.05, 4.69) is 14.8 Å². The number of pyridine rings is 1. The maximum absolute atomic E-state index is 13.4. The summed E-state index contributed by atoms with van der Waals surface area (Å²) in [5, 5.41) is 5.70. The lowest BCUT2D eigenvalue weighted by Gasteiger charge is -2.39. The van der Waals surface area contributed by atoms with E-state index >= 15 is 0 Å². The number of hydrogen-bond acceptors (Lipinski definition) is 7. The molecule has 2 aliphatic heterocycles. The van der Waals surface area contributed by atoms with Crippen LogP contribution in [-0.4, -0.2) is 69.8 Å². The standard InChI is InChI=1S/C26H29N7OS/c1-19-23-24(33(29-19)21-9-3-2-4-10-21)28-26(35-23)32-13-7-8-20(18-32)25(34)31-16-14-30(15-17-31)22-11-5-6-12-27-22/h2-6,9-12,20H,7-8,13-18H2,1H3/t20-/m1/s1. The molecule has 9 heteroatoms. The van der Waals surface area contributed by atoms with Gasteiger partial charge in [0.25, 0.3) is 0 Å². The highest BCUT2D eigenvalue weighted by molar-refractivity contribution is 7.22. The lowest BCUT2D eigenvalue weighted by Crippen LogP contribution is -2.52. The molecule has 2 saturated heterocycles. The summed E-state index contributed by atoms with van der Waals surface area (Å²) < 4.78 is 3.04. The van der Waals surface area contributed by atoms with E-state index in [-0.39, 0.29) is 11.8 Å². The molecule has 3 aromatic heterocycles. The molecule has 1 aromatic carbocycles. The van der Waals surface area contributed by atoms with Gasteiger partial charge in [-0.2, -0.15) is 10.1 Å². The number of carbonyl (C=O) groups excluding carboxylic acids is 1. The molecule has 35 heavy (non-hydrogen) atoms. The molecule has 4 aromatic rings. The number of piperazine rings is 1. The van der Waals surface area contributed by atoms with E-state index in [1.807, 2.05) is 71.2 Å². The number of fused-ring (bicyclic) bond motifs is 1. The summed E-state index contributed by atoms with van der Waals surface area (Å²) in [6, 6.07) is 16.1. The fourth-order valence-corrected chi connectivity index (χ4v) is 6.14. The third-order valence-electron chi connectivity index (χ3n) is 6.98. The Morgan fingerprint density at radius 1 is 0.971 bits per heavy atom. The topological polar surface area (TPSA) is 70.4 Å². The van der Waals surface area contributed by atoms with Gasteiger partial charge in [-0.05, 0) is 44.0 Å². The molecule has 0 bridgehead atoms. The Morgan fingerprint density at radius 2 is 1.77 bits per heavy atom. The van der Waals surface area contributed by atoms with Crippen molar-refractivity contribution in [2.24, 2.45) is 5.92 Å². The van der Waals surface area contributed by atoms with Crippen LogP contribution in [0.4, 0.5) is 10.9 Å². The van der Waals surface area contributed by atoms with Gasteiger partial charge in [0.2, 0.25) is 5.91 Å². The van der Waals surface area contributed by atoms with Crippen molar-refractivity contribution < 1.29 is 4.79 Å². The second-order valence-corrected chi connectivity index (χ2v) is 10.2. The molecule has 0 radical (unpaired) electrons. The number of aromatic nitrogens is 4. The third kappa shape index (κ3) is 4.25. The number of anilines is 2. The Balaban J connectivity index is 1.15. The summed E-state index contributed by atoms with van der Waals surface area (Å²) in [5.74, 6) is 1.29. The summed E-state index contributed by atoms with van der Waals surface area (Å²) in [6.07, 6.45) is 3.77. The van der Waals surface area contributed by atoms with Gasteiger partial charge in [-0.15, -0.1) is 0 Å². The Hall–Kier alpha value is -3.46. The number of para-hydroxylation sites is 1. The van der Waals surface area contributed by atoms with Crippen molar-refractivity contribution in [3.63, 3.8) is 0 Å². The van der Waals surface area contributed by atoms with Crippen LogP contribution in [0.15, 0.2) is 54.7 Å². The lowest BCUT2D eigenvalue weighted by atomic mass is 9.96. The third-order valence-corrected chi connectivity index (χ3v) is 8.20. The maximum Gasteiger partial charge on any atom is 0.227 e. The van der Waals surface area contributed by atoms with Crippen molar-refractivity contribution in [3.8, 4) is 5.69 Å². The normalized spacial score (nSPS) is 18.9. The smallest absolute Gasteiger partial charge is 0.227 e. The molecule has 0 unspecified atom stereocenters. The van der Waals surface area contributed by atoms with Crippen LogP contribution in [0.2, 0.25) is 0 Å². The largest absolute Gasteiger partial charge is 0.353 e. The number of aryl methyl sites for hydroxylation is 1. The minimum atomic E-state index is 0.0175. The summed E-state index contributed by atoms with van der Waals surface area (Å²) >= 11 is 1.69.